The van der Waals surface area contributed by atoms with Gasteiger partial charge in [-0.15, -0.1) is 11.3 Å². The Kier molecular flexibility index (Phi) is 4.15. The Morgan fingerprint density at radius 2 is 2.11 bits per heavy atom. The Labute approximate surface area is 120 Å². The van der Waals surface area contributed by atoms with Crippen molar-refractivity contribution in [3.8, 4) is 0 Å². The quantitative estimate of drug-likeness (QED) is 0.856. The maximum absolute atomic E-state index is 12.5. The van der Waals surface area contributed by atoms with Crippen molar-refractivity contribution in [3.05, 3.63) is 44.3 Å². The third kappa shape index (κ3) is 3.48. The molecule has 0 bridgehead atoms. The van der Waals surface area contributed by atoms with E-state index < -0.39 is 11.7 Å². The molecule has 0 aliphatic carbocycles. The first kappa shape index (κ1) is 14.3. The van der Waals surface area contributed by atoms with Crippen molar-refractivity contribution in [2.45, 2.75) is 19.6 Å². The van der Waals surface area contributed by atoms with Crippen LogP contribution in [0.15, 0.2) is 28.2 Å². The number of hydrogen-bond donors (Lipinski definition) is 1. The number of halogens is 4. The number of aryl methyl sites for hydroxylation is 1. The summed E-state index contributed by atoms with van der Waals surface area (Å²) < 4.78 is 37.9. The molecule has 0 aliphatic heterocycles. The van der Waals surface area contributed by atoms with Crippen LogP contribution in [0.1, 0.15) is 16.1 Å². The summed E-state index contributed by atoms with van der Waals surface area (Å²) in [5, 5.41) is 3.09. The molecule has 0 saturated carbocycles. The van der Waals surface area contributed by atoms with Gasteiger partial charge in [-0.1, -0.05) is 0 Å². The summed E-state index contributed by atoms with van der Waals surface area (Å²) in [5.41, 5.74) is 2.63. The lowest BCUT2D eigenvalue weighted by Gasteiger charge is -2.11. The molecule has 0 atom stereocenters. The number of benzene rings is 1. The molecule has 2 aromatic rings. The first-order valence-corrected chi connectivity index (χ1v) is 7.05. The molecular formula is C12H10BrF3N2S. The molecule has 0 unspecified atom stereocenters. The fourth-order valence-electron chi connectivity index (χ4n) is 1.51. The molecule has 0 saturated heterocycles. The Hall–Kier alpha value is -1.08. The molecule has 0 spiro atoms. The summed E-state index contributed by atoms with van der Waals surface area (Å²) in [6.07, 6.45) is -4.32. The van der Waals surface area contributed by atoms with Crippen LogP contribution in [-0.2, 0) is 12.7 Å². The second-order valence-corrected chi connectivity index (χ2v) is 5.70. The molecule has 2 nitrogen and oxygen atoms in total. The minimum absolute atomic E-state index is 0.393. The van der Waals surface area contributed by atoms with E-state index in [0.29, 0.717) is 16.7 Å². The number of alkyl halides is 3. The average molecular weight is 351 g/mol. The third-order valence-electron chi connectivity index (χ3n) is 2.58. The number of hydrogen-bond acceptors (Lipinski definition) is 3. The molecule has 0 radical (unpaired) electrons. The molecule has 0 amide bonds. The summed E-state index contributed by atoms with van der Waals surface area (Å²) in [7, 11) is 0. The highest BCUT2D eigenvalue weighted by Gasteiger charge is 2.30. The Balaban J connectivity index is 2.12. The van der Waals surface area contributed by atoms with Gasteiger partial charge in [0.15, 0.2) is 0 Å². The molecule has 0 fully saturated rings. The standard InChI is InChI=1S/C12H10BrF3N2S/c1-7-11(19-6-18-7)5-17-10-3-2-8(4-9(10)13)12(14,15)16/h2-4,6,17H,5H2,1H3. The number of nitrogens with zero attached hydrogens (tertiary/aromatic N) is 1. The molecule has 1 N–H and O–H groups in total. The lowest BCUT2D eigenvalue weighted by atomic mass is 10.2. The molecule has 1 heterocycles. The lowest BCUT2D eigenvalue weighted by Crippen LogP contribution is -2.06. The highest BCUT2D eigenvalue weighted by Crippen LogP contribution is 2.34. The summed E-state index contributed by atoms with van der Waals surface area (Å²) in [6, 6.07) is 3.55. The Bertz CT molecular complexity index is 581. The maximum atomic E-state index is 12.5. The van der Waals surface area contributed by atoms with E-state index in [2.05, 4.69) is 26.2 Å². The highest BCUT2D eigenvalue weighted by atomic mass is 79.9. The molecule has 7 heteroatoms. The second kappa shape index (κ2) is 5.50. The van der Waals surface area contributed by atoms with E-state index in [4.69, 9.17) is 0 Å². The smallest absolute Gasteiger partial charge is 0.379 e. The molecule has 1 aromatic carbocycles. The van der Waals surface area contributed by atoms with Crippen LogP contribution >= 0.6 is 27.3 Å². The van der Waals surface area contributed by atoms with Gasteiger partial charge in [0.25, 0.3) is 0 Å². The zero-order valence-electron chi connectivity index (χ0n) is 9.88. The Morgan fingerprint density at radius 1 is 1.37 bits per heavy atom. The van der Waals surface area contributed by atoms with Crippen molar-refractivity contribution < 1.29 is 13.2 Å². The van der Waals surface area contributed by atoms with Gasteiger partial charge in [-0.2, -0.15) is 13.2 Å². The van der Waals surface area contributed by atoms with E-state index in [1.54, 1.807) is 5.51 Å². The predicted octanol–water partition coefficient (Wildman–Crippen LogP) is 4.84. The van der Waals surface area contributed by atoms with Gasteiger partial charge in [0.1, 0.15) is 0 Å². The largest absolute Gasteiger partial charge is 0.416 e. The van der Waals surface area contributed by atoms with Crippen LogP contribution in [0.2, 0.25) is 0 Å². The fraction of sp³-hybridized carbons (Fsp3) is 0.250. The van der Waals surface area contributed by atoms with Gasteiger partial charge < -0.3 is 5.32 Å². The van der Waals surface area contributed by atoms with Crippen molar-refractivity contribution >= 4 is 33.0 Å². The summed E-state index contributed by atoms with van der Waals surface area (Å²) in [5.74, 6) is 0. The zero-order chi connectivity index (χ0) is 14.0. The van der Waals surface area contributed by atoms with E-state index in [-0.39, 0.29) is 0 Å². The monoisotopic (exact) mass is 350 g/mol. The minimum Gasteiger partial charge on any atom is -0.379 e. The average Bonchev–Trinajstić information content (AvgIpc) is 2.72. The van der Waals surface area contributed by atoms with Gasteiger partial charge in [0.2, 0.25) is 0 Å². The van der Waals surface area contributed by atoms with Crippen LogP contribution in [0.25, 0.3) is 0 Å². The van der Waals surface area contributed by atoms with Crippen molar-refractivity contribution in [3.63, 3.8) is 0 Å². The fourth-order valence-corrected chi connectivity index (χ4v) is 2.74. The van der Waals surface area contributed by atoms with Gasteiger partial charge in [-0.05, 0) is 41.1 Å². The van der Waals surface area contributed by atoms with Crippen LogP contribution in [-0.4, -0.2) is 4.98 Å². The summed E-state index contributed by atoms with van der Waals surface area (Å²) in [6.45, 7) is 2.44. The number of rotatable bonds is 3. The molecular weight excluding hydrogens is 341 g/mol. The molecule has 1 aromatic heterocycles. The molecule has 2 rings (SSSR count). The van der Waals surface area contributed by atoms with Crippen molar-refractivity contribution in [1.29, 1.82) is 0 Å². The number of thiazole rings is 1. The van der Waals surface area contributed by atoms with Crippen LogP contribution in [0.4, 0.5) is 18.9 Å². The predicted molar refractivity (Wildman–Crippen MR) is 73.3 cm³/mol. The summed E-state index contributed by atoms with van der Waals surface area (Å²) in [4.78, 5) is 5.18. The van der Waals surface area contributed by atoms with Gasteiger partial charge in [-0.25, -0.2) is 4.98 Å². The van der Waals surface area contributed by atoms with Gasteiger partial charge in [0.05, 0.1) is 23.3 Å². The highest BCUT2D eigenvalue weighted by molar-refractivity contribution is 9.10. The molecule has 102 valence electrons. The first-order valence-electron chi connectivity index (χ1n) is 5.37. The van der Waals surface area contributed by atoms with Gasteiger partial charge in [0, 0.05) is 15.0 Å². The maximum Gasteiger partial charge on any atom is 0.416 e. The van der Waals surface area contributed by atoms with Crippen molar-refractivity contribution in [2.75, 3.05) is 5.32 Å². The van der Waals surface area contributed by atoms with E-state index in [9.17, 15) is 13.2 Å². The van der Waals surface area contributed by atoms with Crippen molar-refractivity contribution in [1.82, 2.24) is 4.98 Å². The van der Waals surface area contributed by atoms with Crippen LogP contribution in [0.5, 0.6) is 0 Å². The molecule has 19 heavy (non-hydrogen) atoms. The zero-order valence-corrected chi connectivity index (χ0v) is 12.3. The van der Waals surface area contributed by atoms with E-state index in [1.165, 1.54) is 17.4 Å². The van der Waals surface area contributed by atoms with Crippen LogP contribution in [0.3, 0.4) is 0 Å². The normalized spacial score (nSPS) is 11.6. The van der Waals surface area contributed by atoms with Gasteiger partial charge >= 0.3 is 6.18 Å². The lowest BCUT2D eigenvalue weighted by molar-refractivity contribution is -0.137. The van der Waals surface area contributed by atoms with Crippen LogP contribution in [0, 0.1) is 6.92 Å². The van der Waals surface area contributed by atoms with Crippen molar-refractivity contribution in [2.24, 2.45) is 0 Å². The van der Waals surface area contributed by atoms with E-state index in [1.807, 2.05) is 6.92 Å². The topological polar surface area (TPSA) is 24.9 Å². The van der Waals surface area contributed by atoms with E-state index >= 15 is 0 Å². The van der Waals surface area contributed by atoms with E-state index in [0.717, 1.165) is 22.7 Å². The number of anilines is 1. The molecule has 0 aliphatic rings. The Morgan fingerprint density at radius 3 is 2.63 bits per heavy atom. The first-order chi connectivity index (χ1) is 8.88. The van der Waals surface area contributed by atoms with Gasteiger partial charge in [-0.3, -0.25) is 0 Å². The minimum atomic E-state index is -4.32. The number of aromatic nitrogens is 1. The number of nitrogens with one attached hydrogen (secondary N) is 1. The third-order valence-corrected chi connectivity index (χ3v) is 4.17. The van der Waals surface area contributed by atoms with Crippen LogP contribution < -0.4 is 5.32 Å². The summed E-state index contributed by atoms with van der Waals surface area (Å²) >= 11 is 4.66. The SMILES string of the molecule is Cc1ncsc1CNc1ccc(C(F)(F)F)cc1Br. The second-order valence-electron chi connectivity index (χ2n) is 3.91.